The summed E-state index contributed by atoms with van der Waals surface area (Å²) in [6, 6.07) is 3.65. The standard InChI is InChI=1S/C13H6Cl5N3/c14-8-7(9(15)11(17)12(18)10(8)16)13-5(1-2-19)3-6(20)4-21-13/h3-4H,1,20H2. The number of nitrogens with two attached hydrogens (primary N) is 1. The van der Waals surface area contributed by atoms with Crippen molar-refractivity contribution in [3.8, 4) is 17.3 Å². The molecule has 0 bridgehead atoms. The molecule has 0 aliphatic rings. The van der Waals surface area contributed by atoms with Crippen LogP contribution in [0.1, 0.15) is 5.56 Å². The molecule has 0 saturated heterocycles. The van der Waals surface area contributed by atoms with E-state index in [1.54, 1.807) is 6.07 Å². The Morgan fingerprint density at radius 1 is 1.00 bits per heavy atom. The Hall–Kier alpha value is -0.890. The van der Waals surface area contributed by atoms with E-state index in [-0.39, 0.29) is 31.5 Å². The highest BCUT2D eigenvalue weighted by Gasteiger charge is 2.23. The molecular formula is C13H6Cl5N3. The first-order chi connectivity index (χ1) is 9.88. The highest BCUT2D eigenvalue weighted by molar-refractivity contribution is 6.56. The Kier molecular flexibility index (Phi) is 5.08. The van der Waals surface area contributed by atoms with Gasteiger partial charge >= 0.3 is 0 Å². The van der Waals surface area contributed by atoms with Gasteiger partial charge in [0.25, 0.3) is 0 Å². The Bertz CT molecular complexity index is 738. The lowest BCUT2D eigenvalue weighted by Gasteiger charge is -2.14. The molecule has 0 atom stereocenters. The van der Waals surface area contributed by atoms with Gasteiger partial charge in [0.1, 0.15) is 0 Å². The maximum Gasteiger partial charge on any atom is 0.0809 e. The smallest absolute Gasteiger partial charge is 0.0809 e. The van der Waals surface area contributed by atoms with E-state index in [0.717, 1.165) is 0 Å². The lowest BCUT2D eigenvalue weighted by molar-refractivity contribution is 1.20. The predicted molar refractivity (Wildman–Crippen MR) is 88.5 cm³/mol. The minimum atomic E-state index is 0.0642. The molecule has 21 heavy (non-hydrogen) atoms. The van der Waals surface area contributed by atoms with Gasteiger partial charge in [0.15, 0.2) is 0 Å². The lowest BCUT2D eigenvalue weighted by Crippen LogP contribution is -1.98. The van der Waals surface area contributed by atoms with Crippen molar-refractivity contribution in [2.24, 2.45) is 0 Å². The molecule has 0 aliphatic carbocycles. The van der Waals surface area contributed by atoms with Crippen molar-refractivity contribution < 1.29 is 0 Å². The summed E-state index contributed by atoms with van der Waals surface area (Å²) in [5, 5.41) is 9.36. The number of anilines is 1. The fourth-order valence-corrected chi connectivity index (χ4v) is 3.10. The number of nitrogens with zero attached hydrogens (tertiary/aromatic N) is 2. The van der Waals surface area contributed by atoms with Gasteiger partial charge in [0, 0.05) is 5.56 Å². The van der Waals surface area contributed by atoms with Crippen LogP contribution in [0, 0.1) is 11.3 Å². The summed E-state index contributed by atoms with van der Waals surface area (Å²) in [4.78, 5) is 4.20. The molecule has 1 aromatic heterocycles. The zero-order valence-corrected chi connectivity index (χ0v) is 14.0. The molecule has 2 N–H and O–H groups in total. The molecule has 2 rings (SSSR count). The minimum Gasteiger partial charge on any atom is -0.397 e. The van der Waals surface area contributed by atoms with Crippen LogP contribution in [0.15, 0.2) is 12.3 Å². The first-order valence-corrected chi connectivity index (χ1v) is 7.40. The summed E-state index contributed by atoms with van der Waals surface area (Å²) < 4.78 is 0. The van der Waals surface area contributed by atoms with Crippen LogP contribution in [0.5, 0.6) is 0 Å². The Balaban J connectivity index is 2.83. The third-order valence-corrected chi connectivity index (χ3v) is 4.98. The van der Waals surface area contributed by atoms with E-state index in [9.17, 15) is 0 Å². The monoisotopic (exact) mass is 379 g/mol. The van der Waals surface area contributed by atoms with Crippen molar-refractivity contribution in [2.75, 3.05) is 5.73 Å². The summed E-state index contributed by atoms with van der Waals surface area (Å²) in [5.74, 6) is 0. The van der Waals surface area contributed by atoms with Crippen LogP contribution in [0.2, 0.25) is 25.1 Å². The molecule has 0 radical (unpaired) electrons. The number of nitriles is 1. The average molecular weight is 381 g/mol. The molecule has 0 aliphatic heterocycles. The van der Waals surface area contributed by atoms with E-state index in [4.69, 9.17) is 69.0 Å². The van der Waals surface area contributed by atoms with Gasteiger partial charge < -0.3 is 5.73 Å². The summed E-state index contributed by atoms with van der Waals surface area (Å²) in [7, 11) is 0. The molecule has 2 aromatic rings. The topological polar surface area (TPSA) is 62.7 Å². The SMILES string of the molecule is N#CCc1cc(N)cnc1-c1c(Cl)c(Cl)c(Cl)c(Cl)c1Cl. The van der Waals surface area contributed by atoms with Crippen molar-refractivity contribution in [1.82, 2.24) is 4.98 Å². The van der Waals surface area contributed by atoms with Gasteiger partial charge in [-0.3, -0.25) is 4.98 Å². The molecule has 1 aromatic carbocycles. The van der Waals surface area contributed by atoms with Crippen LogP contribution in [-0.2, 0) is 6.42 Å². The van der Waals surface area contributed by atoms with Crippen molar-refractivity contribution in [2.45, 2.75) is 6.42 Å². The predicted octanol–water partition coefficient (Wildman–Crippen LogP) is 5.66. The summed E-state index contributed by atoms with van der Waals surface area (Å²) in [6.45, 7) is 0. The molecule has 0 fully saturated rings. The fourth-order valence-electron chi connectivity index (χ4n) is 1.79. The van der Waals surface area contributed by atoms with E-state index in [0.29, 0.717) is 22.5 Å². The molecule has 108 valence electrons. The van der Waals surface area contributed by atoms with Crippen molar-refractivity contribution >= 4 is 63.7 Å². The highest BCUT2D eigenvalue weighted by atomic mass is 35.5. The number of pyridine rings is 1. The second-order valence-electron chi connectivity index (χ2n) is 4.06. The zero-order chi connectivity index (χ0) is 15.7. The van der Waals surface area contributed by atoms with E-state index in [2.05, 4.69) is 4.98 Å². The van der Waals surface area contributed by atoms with E-state index >= 15 is 0 Å². The van der Waals surface area contributed by atoms with Gasteiger partial charge in [0.05, 0.1) is 55.2 Å². The van der Waals surface area contributed by atoms with Crippen LogP contribution in [0.25, 0.3) is 11.3 Å². The molecule has 0 spiro atoms. The third-order valence-electron chi connectivity index (χ3n) is 2.70. The maximum atomic E-state index is 8.92. The van der Waals surface area contributed by atoms with E-state index in [1.807, 2.05) is 6.07 Å². The van der Waals surface area contributed by atoms with Crippen LogP contribution in [0.4, 0.5) is 5.69 Å². The maximum absolute atomic E-state index is 8.92. The fraction of sp³-hybridized carbons (Fsp3) is 0.0769. The number of hydrogen-bond donors (Lipinski definition) is 1. The minimum absolute atomic E-state index is 0.0642. The number of halogens is 5. The number of nitrogen functional groups attached to an aromatic ring is 1. The number of benzene rings is 1. The van der Waals surface area contributed by atoms with Crippen molar-refractivity contribution in [3.63, 3.8) is 0 Å². The first kappa shape index (κ1) is 16.5. The summed E-state index contributed by atoms with van der Waals surface area (Å²) in [5.41, 5.74) is 7.38. The summed E-state index contributed by atoms with van der Waals surface area (Å²) in [6.07, 6.45) is 1.51. The first-order valence-electron chi connectivity index (χ1n) is 5.51. The van der Waals surface area contributed by atoms with Crippen molar-refractivity contribution in [1.29, 1.82) is 5.26 Å². The van der Waals surface area contributed by atoms with Gasteiger partial charge in [-0.25, -0.2) is 0 Å². The largest absolute Gasteiger partial charge is 0.397 e. The Morgan fingerprint density at radius 3 is 2.05 bits per heavy atom. The number of hydrogen-bond acceptors (Lipinski definition) is 3. The second kappa shape index (κ2) is 6.48. The molecule has 8 heteroatoms. The second-order valence-corrected chi connectivity index (χ2v) is 5.95. The van der Waals surface area contributed by atoms with Crippen molar-refractivity contribution in [3.05, 3.63) is 42.9 Å². The van der Waals surface area contributed by atoms with Gasteiger partial charge in [-0.2, -0.15) is 5.26 Å². The van der Waals surface area contributed by atoms with Crippen LogP contribution >= 0.6 is 58.0 Å². The van der Waals surface area contributed by atoms with Crippen LogP contribution < -0.4 is 5.73 Å². The van der Waals surface area contributed by atoms with Crippen LogP contribution in [0.3, 0.4) is 0 Å². The van der Waals surface area contributed by atoms with Gasteiger partial charge in [-0.15, -0.1) is 0 Å². The lowest BCUT2D eigenvalue weighted by atomic mass is 10.0. The van der Waals surface area contributed by atoms with E-state index < -0.39 is 0 Å². The summed E-state index contributed by atoms with van der Waals surface area (Å²) >= 11 is 30.5. The molecule has 3 nitrogen and oxygen atoms in total. The van der Waals surface area contributed by atoms with Crippen LogP contribution in [-0.4, -0.2) is 4.98 Å². The highest BCUT2D eigenvalue weighted by Crippen LogP contribution is 2.48. The molecular weight excluding hydrogens is 375 g/mol. The Labute approximate surface area is 146 Å². The quantitative estimate of drug-likeness (QED) is 0.539. The molecule has 0 amide bonds. The van der Waals surface area contributed by atoms with Gasteiger partial charge in [0.2, 0.25) is 0 Å². The van der Waals surface area contributed by atoms with E-state index in [1.165, 1.54) is 6.20 Å². The Morgan fingerprint density at radius 2 is 1.52 bits per heavy atom. The zero-order valence-electron chi connectivity index (χ0n) is 10.2. The molecule has 0 unspecified atom stereocenters. The van der Waals surface area contributed by atoms with Gasteiger partial charge in [-0.05, 0) is 11.6 Å². The number of rotatable bonds is 2. The number of aromatic nitrogens is 1. The normalized spacial score (nSPS) is 10.5. The molecule has 1 heterocycles. The average Bonchev–Trinajstić information content (AvgIpc) is 2.46. The van der Waals surface area contributed by atoms with Gasteiger partial charge in [-0.1, -0.05) is 58.0 Å². The third kappa shape index (κ3) is 3.01. The molecule has 0 saturated carbocycles.